The number of carbonyl (C=O) groups is 1. The van der Waals surface area contributed by atoms with E-state index >= 15 is 0 Å². The number of aryl methyl sites for hydroxylation is 3. The molecule has 0 fully saturated rings. The van der Waals surface area contributed by atoms with Crippen molar-refractivity contribution in [2.45, 2.75) is 46.2 Å². The van der Waals surface area contributed by atoms with Gasteiger partial charge >= 0.3 is 0 Å². The van der Waals surface area contributed by atoms with E-state index in [-0.39, 0.29) is 5.91 Å². The van der Waals surface area contributed by atoms with Crippen LogP contribution >= 0.6 is 0 Å². The highest BCUT2D eigenvalue weighted by Gasteiger charge is 2.15. The standard InChI is InChI=1S/C20H23N5O/c1-14-11-15(2)25(23-14)18-8-6-16(7-9-18)20(26)21-12-17-13-22-24-10-4-3-5-19(17)24/h6-9,11,13H,3-5,10,12H2,1-2H3,(H,21,26). The predicted octanol–water partition coefficient (Wildman–Crippen LogP) is 2.95. The third-order valence-corrected chi connectivity index (χ3v) is 4.89. The van der Waals surface area contributed by atoms with Crippen molar-refractivity contribution >= 4 is 5.91 Å². The molecule has 2 aromatic heterocycles. The number of nitrogens with zero attached hydrogens (tertiary/aromatic N) is 4. The van der Waals surface area contributed by atoms with Crippen molar-refractivity contribution in [3.05, 3.63) is 64.7 Å². The summed E-state index contributed by atoms with van der Waals surface area (Å²) in [4.78, 5) is 12.5. The highest BCUT2D eigenvalue weighted by molar-refractivity contribution is 5.94. The van der Waals surface area contributed by atoms with Crippen molar-refractivity contribution in [3.63, 3.8) is 0 Å². The number of fused-ring (bicyclic) bond motifs is 1. The molecule has 1 aromatic carbocycles. The van der Waals surface area contributed by atoms with Gasteiger partial charge in [0, 0.05) is 35.6 Å². The lowest BCUT2D eigenvalue weighted by atomic mass is 10.1. The summed E-state index contributed by atoms with van der Waals surface area (Å²) in [6.45, 7) is 5.50. The summed E-state index contributed by atoms with van der Waals surface area (Å²) >= 11 is 0. The Labute approximate surface area is 152 Å². The topological polar surface area (TPSA) is 64.7 Å². The van der Waals surface area contributed by atoms with E-state index in [9.17, 15) is 4.79 Å². The van der Waals surface area contributed by atoms with Crippen LogP contribution in [0.1, 0.15) is 45.8 Å². The molecule has 0 saturated carbocycles. The number of carbonyl (C=O) groups excluding carboxylic acids is 1. The third-order valence-electron chi connectivity index (χ3n) is 4.89. The van der Waals surface area contributed by atoms with E-state index in [1.54, 1.807) is 0 Å². The number of hydrogen-bond acceptors (Lipinski definition) is 3. The van der Waals surface area contributed by atoms with Gasteiger partial charge in [-0.15, -0.1) is 0 Å². The van der Waals surface area contributed by atoms with Gasteiger partial charge in [0.1, 0.15) is 0 Å². The van der Waals surface area contributed by atoms with Crippen LogP contribution in [0.5, 0.6) is 0 Å². The van der Waals surface area contributed by atoms with Gasteiger partial charge in [0.05, 0.1) is 17.6 Å². The predicted molar refractivity (Wildman–Crippen MR) is 99.4 cm³/mol. The van der Waals surface area contributed by atoms with E-state index in [4.69, 9.17) is 0 Å². The summed E-state index contributed by atoms with van der Waals surface area (Å²) in [5.74, 6) is -0.0688. The molecule has 0 atom stereocenters. The third kappa shape index (κ3) is 3.14. The van der Waals surface area contributed by atoms with Crippen LogP contribution < -0.4 is 5.32 Å². The molecule has 26 heavy (non-hydrogen) atoms. The monoisotopic (exact) mass is 349 g/mol. The zero-order valence-electron chi connectivity index (χ0n) is 15.2. The fourth-order valence-corrected chi connectivity index (χ4v) is 3.56. The van der Waals surface area contributed by atoms with E-state index in [0.717, 1.165) is 35.6 Å². The first-order valence-corrected chi connectivity index (χ1v) is 9.07. The van der Waals surface area contributed by atoms with Gasteiger partial charge in [-0.3, -0.25) is 9.48 Å². The van der Waals surface area contributed by atoms with Gasteiger partial charge in [-0.1, -0.05) is 0 Å². The molecule has 1 amide bonds. The fourth-order valence-electron chi connectivity index (χ4n) is 3.56. The second-order valence-corrected chi connectivity index (χ2v) is 6.87. The summed E-state index contributed by atoms with van der Waals surface area (Å²) in [6.07, 6.45) is 5.30. The first kappa shape index (κ1) is 16.6. The van der Waals surface area contributed by atoms with Crippen LogP contribution in [0.4, 0.5) is 0 Å². The summed E-state index contributed by atoms with van der Waals surface area (Å²) in [5, 5.41) is 11.9. The van der Waals surface area contributed by atoms with Crippen LogP contribution in [0.2, 0.25) is 0 Å². The quantitative estimate of drug-likeness (QED) is 0.787. The summed E-state index contributed by atoms with van der Waals surface area (Å²) in [5.41, 5.74) is 6.04. The molecule has 0 spiro atoms. The molecule has 134 valence electrons. The Hall–Kier alpha value is -2.89. The lowest BCUT2D eigenvalue weighted by Crippen LogP contribution is -2.23. The molecule has 0 radical (unpaired) electrons. The minimum atomic E-state index is -0.0688. The Balaban J connectivity index is 1.44. The van der Waals surface area contributed by atoms with Crippen LogP contribution in [0.25, 0.3) is 5.69 Å². The van der Waals surface area contributed by atoms with Gasteiger partial charge in [-0.25, -0.2) is 4.68 Å². The average molecular weight is 349 g/mol. The Morgan fingerprint density at radius 1 is 1.19 bits per heavy atom. The molecule has 0 unspecified atom stereocenters. The van der Waals surface area contributed by atoms with E-state index in [2.05, 4.69) is 20.2 Å². The lowest BCUT2D eigenvalue weighted by molar-refractivity contribution is 0.0951. The van der Waals surface area contributed by atoms with Crippen molar-refractivity contribution in [2.75, 3.05) is 0 Å². The van der Waals surface area contributed by atoms with Crippen molar-refractivity contribution < 1.29 is 4.79 Å². The van der Waals surface area contributed by atoms with Crippen LogP contribution in [-0.2, 0) is 19.5 Å². The van der Waals surface area contributed by atoms with Gasteiger partial charge in [0.2, 0.25) is 0 Å². The van der Waals surface area contributed by atoms with Crippen LogP contribution in [0.15, 0.2) is 36.5 Å². The number of hydrogen-bond donors (Lipinski definition) is 1. The molecule has 3 heterocycles. The Bertz CT molecular complexity index is 936. The van der Waals surface area contributed by atoms with Crippen LogP contribution in [-0.4, -0.2) is 25.5 Å². The molecular formula is C20H23N5O. The summed E-state index contributed by atoms with van der Waals surface area (Å²) in [6, 6.07) is 9.57. The Kier molecular flexibility index (Phi) is 4.32. The zero-order chi connectivity index (χ0) is 18.1. The molecule has 6 heteroatoms. The number of aromatic nitrogens is 4. The smallest absolute Gasteiger partial charge is 0.251 e. The van der Waals surface area contributed by atoms with Gasteiger partial charge in [-0.2, -0.15) is 10.2 Å². The van der Waals surface area contributed by atoms with Gasteiger partial charge in [0.25, 0.3) is 5.91 Å². The maximum Gasteiger partial charge on any atom is 0.251 e. The largest absolute Gasteiger partial charge is 0.348 e. The first-order valence-electron chi connectivity index (χ1n) is 9.07. The molecule has 6 nitrogen and oxygen atoms in total. The average Bonchev–Trinajstić information content (AvgIpc) is 3.22. The molecule has 1 aliphatic heterocycles. The van der Waals surface area contributed by atoms with Crippen molar-refractivity contribution in [1.29, 1.82) is 0 Å². The zero-order valence-corrected chi connectivity index (χ0v) is 15.2. The highest BCUT2D eigenvalue weighted by atomic mass is 16.1. The number of benzene rings is 1. The second-order valence-electron chi connectivity index (χ2n) is 6.87. The van der Waals surface area contributed by atoms with Crippen molar-refractivity contribution in [1.82, 2.24) is 24.9 Å². The van der Waals surface area contributed by atoms with Gasteiger partial charge in [0.15, 0.2) is 0 Å². The molecular weight excluding hydrogens is 326 g/mol. The van der Waals surface area contributed by atoms with Crippen LogP contribution in [0, 0.1) is 13.8 Å². The molecule has 4 rings (SSSR count). The molecule has 0 aliphatic carbocycles. The summed E-state index contributed by atoms with van der Waals surface area (Å²) < 4.78 is 3.95. The normalized spacial score (nSPS) is 13.5. The summed E-state index contributed by atoms with van der Waals surface area (Å²) in [7, 11) is 0. The first-order chi connectivity index (χ1) is 12.6. The minimum absolute atomic E-state index is 0.0688. The number of amides is 1. The Morgan fingerprint density at radius 3 is 2.73 bits per heavy atom. The molecule has 0 saturated heterocycles. The number of rotatable bonds is 4. The van der Waals surface area contributed by atoms with E-state index in [1.807, 2.05) is 55.1 Å². The second kappa shape index (κ2) is 6.78. The van der Waals surface area contributed by atoms with Gasteiger partial charge in [-0.05, 0) is 63.4 Å². The minimum Gasteiger partial charge on any atom is -0.348 e. The fraction of sp³-hybridized carbons (Fsp3) is 0.350. The van der Waals surface area contributed by atoms with E-state index in [0.29, 0.717) is 12.1 Å². The molecule has 1 aliphatic rings. The van der Waals surface area contributed by atoms with Crippen molar-refractivity contribution in [3.8, 4) is 5.69 Å². The number of nitrogens with one attached hydrogen (secondary N) is 1. The highest BCUT2D eigenvalue weighted by Crippen LogP contribution is 2.18. The maximum atomic E-state index is 12.5. The van der Waals surface area contributed by atoms with E-state index in [1.165, 1.54) is 18.5 Å². The maximum absolute atomic E-state index is 12.5. The van der Waals surface area contributed by atoms with E-state index < -0.39 is 0 Å². The molecule has 3 aromatic rings. The Morgan fingerprint density at radius 2 is 2.00 bits per heavy atom. The van der Waals surface area contributed by atoms with Gasteiger partial charge < -0.3 is 5.32 Å². The van der Waals surface area contributed by atoms with Crippen LogP contribution in [0.3, 0.4) is 0 Å². The molecule has 1 N–H and O–H groups in total. The molecule has 0 bridgehead atoms. The SMILES string of the molecule is Cc1cc(C)n(-c2ccc(C(=O)NCc3cnn4c3CCCC4)cc2)n1. The van der Waals surface area contributed by atoms with Crippen molar-refractivity contribution in [2.24, 2.45) is 0 Å². The lowest BCUT2D eigenvalue weighted by Gasteiger charge is -2.15.